The van der Waals surface area contributed by atoms with Crippen molar-refractivity contribution >= 4 is 11.5 Å². The number of nitrogens with zero attached hydrogens (tertiary/aromatic N) is 4. The van der Waals surface area contributed by atoms with Crippen molar-refractivity contribution in [2.24, 2.45) is 0 Å². The average molecular weight is 251 g/mol. The van der Waals surface area contributed by atoms with Crippen molar-refractivity contribution < 1.29 is 4.42 Å². The van der Waals surface area contributed by atoms with Gasteiger partial charge in [0.25, 0.3) is 5.89 Å². The Hall–Kier alpha value is -1.34. The van der Waals surface area contributed by atoms with Gasteiger partial charge >= 0.3 is 0 Å². The number of hydrogen-bond donors (Lipinski definition) is 1. The number of nitrogens with one attached hydrogen (secondary N) is 1. The van der Waals surface area contributed by atoms with Crippen LogP contribution in [0.15, 0.2) is 10.6 Å². The third-order valence-electron chi connectivity index (χ3n) is 2.62. The summed E-state index contributed by atoms with van der Waals surface area (Å²) < 4.78 is 9.29. The van der Waals surface area contributed by atoms with Gasteiger partial charge < -0.3 is 9.73 Å². The van der Waals surface area contributed by atoms with Crippen molar-refractivity contribution in [2.45, 2.75) is 31.7 Å². The molecule has 0 spiro atoms. The standard InChI is InChI=1S/C10H13N5OS/c1(5-11-7-3-4-7)2-9-13-14-10(16-9)8-6-12-15-17-8/h6-7,11H,1-5H2. The molecule has 1 fully saturated rings. The first-order valence-electron chi connectivity index (χ1n) is 5.75. The van der Waals surface area contributed by atoms with Gasteiger partial charge in [0.15, 0.2) is 0 Å². The zero-order valence-electron chi connectivity index (χ0n) is 9.30. The van der Waals surface area contributed by atoms with E-state index in [4.69, 9.17) is 4.42 Å². The van der Waals surface area contributed by atoms with E-state index >= 15 is 0 Å². The van der Waals surface area contributed by atoms with Gasteiger partial charge in [-0.3, -0.25) is 0 Å². The molecule has 0 aliphatic heterocycles. The summed E-state index contributed by atoms with van der Waals surface area (Å²) in [5, 5.41) is 15.2. The SMILES string of the molecule is c1nnsc1-c1nnc(CCCNC2CC2)o1. The van der Waals surface area contributed by atoms with E-state index in [1.165, 1.54) is 24.4 Å². The highest BCUT2D eigenvalue weighted by molar-refractivity contribution is 7.09. The van der Waals surface area contributed by atoms with Crippen LogP contribution in [-0.4, -0.2) is 32.4 Å². The van der Waals surface area contributed by atoms with E-state index in [0.717, 1.165) is 30.3 Å². The van der Waals surface area contributed by atoms with E-state index in [-0.39, 0.29) is 0 Å². The highest BCUT2D eigenvalue weighted by Gasteiger charge is 2.19. The molecule has 0 saturated heterocycles. The van der Waals surface area contributed by atoms with Crippen LogP contribution in [0.25, 0.3) is 10.8 Å². The molecule has 0 aromatic carbocycles. The van der Waals surface area contributed by atoms with E-state index in [1.54, 1.807) is 6.20 Å². The first kappa shape index (κ1) is 10.8. The van der Waals surface area contributed by atoms with Gasteiger partial charge in [0.2, 0.25) is 5.89 Å². The Morgan fingerprint density at radius 3 is 3.12 bits per heavy atom. The smallest absolute Gasteiger partial charge is 0.261 e. The van der Waals surface area contributed by atoms with Crippen molar-refractivity contribution in [3.8, 4) is 10.8 Å². The van der Waals surface area contributed by atoms with Gasteiger partial charge in [0.05, 0.1) is 6.20 Å². The quantitative estimate of drug-likeness (QED) is 0.779. The zero-order chi connectivity index (χ0) is 11.5. The summed E-state index contributed by atoms with van der Waals surface area (Å²) in [5.41, 5.74) is 0. The molecule has 90 valence electrons. The van der Waals surface area contributed by atoms with E-state index in [9.17, 15) is 0 Å². The van der Waals surface area contributed by atoms with Crippen molar-refractivity contribution in [2.75, 3.05) is 6.54 Å². The lowest BCUT2D eigenvalue weighted by atomic mass is 10.3. The second-order valence-corrected chi connectivity index (χ2v) is 4.90. The predicted molar refractivity (Wildman–Crippen MR) is 62.5 cm³/mol. The van der Waals surface area contributed by atoms with Crippen LogP contribution >= 0.6 is 11.5 Å². The molecule has 7 heteroatoms. The molecular weight excluding hydrogens is 238 g/mol. The second-order valence-electron chi connectivity index (χ2n) is 4.11. The molecule has 0 unspecified atom stereocenters. The summed E-state index contributed by atoms with van der Waals surface area (Å²) in [5.74, 6) is 1.20. The highest BCUT2D eigenvalue weighted by atomic mass is 32.1. The van der Waals surface area contributed by atoms with Crippen LogP contribution in [0.1, 0.15) is 25.2 Å². The van der Waals surface area contributed by atoms with Crippen molar-refractivity contribution in [3.63, 3.8) is 0 Å². The normalized spacial score (nSPS) is 15.3. The van der Waals surface area contributed by atoms with Gasteiger partial charge in [-0.15, -0.1) is 15.3 Å². The fourth-order valence-electron chi connectivity index (χ4n) is 1.55. The van der Waals surface area contributed by atoms with Crippen molar-refractivity contribution in [3.05, 3.63) is 12.1 Å². The molecule has 17 heavy (non-hydrogen) atoms. The summed E-state index contributed by atoms with van der Waals surface area (Å²) in [4.78, 5) is 0.819. The lowest BCUT2D eigenvalue weighted by molar-refractivity contribution is 0.491. The number of aryl methyl sites for hydroxylation is 1. The van der Waals surface area contributed by atoms with Crippen LogP contribution in [0.4, 0.5) is 0 Å². The molecule has 1 saturated carbocycles. The maximum Gasteiger partial charge on any atom is 0.261 e. The minimum absolute atomic E-state index is 0.519. The number of rotatable bonds is 6. The molecule has 3 rings (SSSR count). The van der Waals surface area contributed by atoms with Gasteiger partial charge in [-0.05, 0) is 37.3 Å². The van der Waals surface area contributed by atoms with Crippen LogP contribution in [0.3, 0.4) is 0 Å². The Morgan fingerprint density at radius 1 is 1.41 bits per heavy atom. The molecule has 0 radical (unpaired) electrons. The van der Waals surface area contributed by atoms with Gasteiger partial charge in [-0.2, -0.15) is 0 Å². The Kier molecular flexibility index (Phi) is 3.10. The Morgan fingerprint density at radius 2 is 2.35 bits per heavy atom. The van der Waals surface area contributed by atoms with E-state index < -0.39 is 0 Å². The minimum atomic E-state index is 0.519. The fourth-order valence-corrected chi connectivity index (χ4v) is 1.99. The predicted octanol–water partition coefficient (Wildman–Crippen LogP) is 1.27. The number of aromatic nitrogens is 4. The molecule has 1 N–H and O–H groups in total. The molecule has 2 aromatic heterocycles. The van der Waals surface area contributed by atoms with Crippen LogP contribution < -0.4 is 5.32 Å². The summed E-state index contributed by atoms with van der Waals surface area (Å²) in [6, 6.07) is 0.761. The fraction of sp³-hybridized carbons (Fsp3) is 0.600. The minimum Gasteiger partial charge on any atom is -0.420 e. The van der Waals surface area contributed by atoms with Gasteiger partial charge in [0.1, 0.15) is 4.88 Å². The summed E-state index contributed by atoms with van der Waals surface area (Å²) in [6.45, 7) is 1.02. The topological polar surface area (TPSA) is 76.7 Å². The molecule has 6 nitrogen and oxygen atoms in total. The Labute approximate surface area is 103 Å². The molecule has 0 amide bonds. The highest BCUT2D eigenvalue weighted by Crippen LogP contribution is 2.20. The lowest BCUT2D eigenvalue weighted by Crippen LogP contribution is -2.17. The largest absolute Gasteiger partial charge is 0.420 e. The van der Waals surface area contributed by atoms with Crippen LogP contribution in [0.2, 0.25) is 0 Å². The first-order valence-corrected chi connectivity index (χ1v) is 6.52. The third kappa shape index (κ3) is 2.86. The maximum atomic E-state index is 5.53. The summed E-state index contributed by atoms with van der Waals surface area (Å²) >= 11 is 1.26. The molecule has 2 heterocycles. The molecule has 2 aromatic rings. The summed E-state index contributed by atoms with van der Waals surface area (Å²) in [6.07, 6.45) is 6.13. The van der Waals surface area contributed by atoms with E-state index in [1.807, 2.05) is 0 Å². The zero-order valence-corrected chi connectivity index (χ0v) is 10.1. The van der Waals surface area contributed by atoms with Crippen LogP contribution in [0, 0.1) is 0 Å². The van der Waals surface area contributed by atoms with Crippen LogP contribution in [-0.2, 0) is 6.42 Å². The van der Waals surface area contributed by atoms with Gasteiger partial charge in [-0.25, -0.2) is 0 Å². The second kappa shape index (κ2) is 4.89. The lowest BCUT2D eigenvalue weighted by Gasteiger charge is -1.98. The van der Waals surface area contributed by atoms with Crippen molar-refractivity contribution in [1.29, 1.82) is 0 Å². The molecule has 0 bridgehead atoms. The maximum absolute atomic E-state index is 5.53. The van der Waals surface area contributed by atoms with E-state index in [0.29, 0.717) is 11.8 Å². The summed E-state index contributed by atoms with van der Waals surface area (Å²) in [7, 11) is 0. The van der Waals surface area contributed by atoms with Crippen molar-refractivity contribution in [1.82, 2.24) is 25.1 Å². The van der Waals surface area contributed by atoms with Gasteiger partial charge in [0, 0.05) is 12.5 Å². The Bertz CT molecular complexity index is 465. The number of hydrogen-bond acceptors (Lipinski definition) is 7. The third-order valence-corrected chi connectivity index (χ3v) is 3.27. The monoisotopic (exact) mass is 251 g/mol. The first-order chi connectivity index (χ1) is 8.42. The average Bonchev–Trinajstić information content (AvgIpc) is 2.84. The molecule has 1 aliphatic rings. The van der Waals surface area contributed by atoms with Crippen LogP contribution in [0.5, 0.6) is 0 Å². The van der Waals surface area contributed by atoms with E-state index in [2.05, 4.69) is 25.1 Å². The molecular formula is C10H13N5OS. The Balaban J connectivity index is 1.50. The molecule has 1 aliphatic carbocycles. The molecule has 0 atom stereocenters. The van der Waals surface area contributed by atoms with Gasteiger partial charge in [-0.1, -0.05) is 4.49 Å².